The highest BCUT2D eigenvalue weighted by Gasteiger charge is 2.68. The first-order valence-corrected chi connectivity index (χ1v) is 20.3. The highest BCUT2D eigenvalue weighted by Crippen LogP contribution is 2.48. The molecule has 6 unspecified atom stereocenters. The van der Waals surface area contributed by atoms with Crippen LogP contribution in [0.15, 0.2) is 18.2 Å². The molecule has 0 spiro atoms. The molecule has 3 heterocycles. The van der Waals surface area contributed by atoms with E-state index in [1.165, 1.54) is 103 Å². The maximum atomic E-state index is 13.2. The molecule has 1 aromatic rings. The topological polar surface area (TPSA) is 132 Å². The van der Waals surface area contributed by atoms with Crippen LogP contribution in [-0.2, 0) is 19.1 Å². The fraction of sp³-hybridized carbons (Fsp3) is 0.780. The molecule has 51 heavy (non-hydrogen) atoms. The fourth-order valence-electron chi connectivity index (χ4n) is 7.74. The average Bonchev–Trinajstić information content (AvgIpc) is 3.74. The van der Waals surface area contributed by atoms with E-state index in [0.717, 1.165) is 30.6 Å². The quantitative estimate of drug-likeness (QED) is 0.0513. The molecule has 10 heteroatoms. The van der Waals surface area contributed by atoms with Crippen molar-refractivity contribution >= 4 is 17.8 Å². The maximum Gasteiger partial charge on any atom is 0.338 e. The largest absolute Gasteiger partial charge is 0.493 e. The molecule has 288 valence electrons. The van der Waals surface area contributed by atoms with Crippen molar-refractivity contribution in [3.8, 4) is 11.5 Å². The summed E-state index contributed by atoms with van der Waals surface area (Å²) in [4.78, 5) is 40.3. The number of imide groups is 1. The van der Waals surface area contributed by atoms with E-state index in [0.29, 0.717) is 24.7 Å². The van der Waals surface area contributed by atoms with E-state index in [9.17, 15) is 24.6 Å². The van der Waals surface area contributed by atoms with Gasteiger partial charge in [-0.1, -0.05) is 129 Å². The Labute approximate surface area is 305 Å². The van der Waals surface area contributed by atoms with Crippen LogP contribution in [0.25, 0.3) is 0 Å². The molecule has 10 nitrogen and oxygen atoms in total. The van der Waals surface area contributed by atoms with Gasteiger partial charge in [-0.15, -0.1) is 0 Å². The first-order chi connectivity index (χ1) is 24.9. The molecule has 0 saturated carbocycles. The van der Waals surface area contributed by atoms with E-state index in [4.69, 9.17) is 18.9 Å². The number of nitrogens with zero attached hydrogens (tertiary/aromatic N) is 1. The minimum Gasteiger partial charge on any atom is -0.493 e. The standard InChI is InChI=1S/C41H65NO9/c1-3-5-7-9-11-13-15-17-19-21-24-48-31-27-30(28-32(29-31)49-25-22-20-18-16-14-12-10-8-6-4-2)41(47)50-26-23-42-39(45)33-34(40(42)46)38-36(44)35(43)37(33)51-38/h27-29,33-38,43-44H,3-26H2,1-2H3. The van der Waals surface area contributed by atoms with Crippen molar-refractivity contribution in [2.75, 3.05) is 26.4 Å². The molecule has 4 rings (SSSR count). The summed E-state index contributed by atoms with van der Waals surface area (Å²) in [7, 11) is 0. The Bertz CT molecular complexity index is 1130. The highest BCUT2D eigenvalue weighted by atomic mass is 16.6. The van der Waals surface area contributed by atoms with Crippen LogP contribution in [0.1, 0.15) is 153 Å². The first kappa shape index (κ1) is 41.1. The third kappa shape index (κ3) is 12.2. The van der Waals surface area contributed by atoms with Gasteiger partial charge in [-0.2, -0.15) is 0 Å². The fourth-order valence-corrected chi connectivity index (χ4v) is 7.74. The highest BCUT2D eigenvalue weighted by molar-refractivity contribution is 6.06. The molecule has 6 atom stereocenters. The molecule has 3 fully saturated rings. The molecule has 2 N–H and O–H groups in total. The van der Waals surface area contributed by atoms with E-state index in [1.807, 2.05) is 6.07 Å². The van der Waals surface area contributed by atoms with E-state index in [2.05, 4.69) is 13.8 Å². The number of ether oxygens (including phenoxy) is 4. The van der Waals surface area contributed by atoms with Crippen LogP contribution in [0, 0.1) is 11.8 Å². The Hall–Kier alpha value is -2.69. The summed E-state index contributed by atoms with van der Waals surface area (Å²) < 4.78 is 23.2. The second kappa shape index (κ2) is 22.4. The molecule has 1 aromatic carbocycles. The third-order valence-electron chi connectivity index (χ3n) is 10.7. The number of esters is 1. The number of likely N-dealkylation sites (tertiary alicyclic amines) is 1. The Kier molecular flexibility index (Phi) is 18.0. The first-order valence-electron chi connectivity index (χ1n) is 20.3. The second-order valence-corrected chi connectivity index (χ2v) is 14.8. The van der Waals surface area contributed by atoms with Crippen LogP contribution in [0.5, 0.6) is 11.5 Å². The molecule has 0 aliphatic carbocycles. The summed E-state index contributed by atoms with van der Waals surface area (Å²) in [6, 6.07) is 5.13. The van der Waals surface area contributed by atoms with Gasteiger partial charge in [-0.05, 0) is 25.0 Å². The van der Waals surface area contributed by atoms with Gasteiger partial charge in [-0.3, -0.25) is 14.5 Å². The van der Waals surface area contributed by atoms with Crippen molar-refractivity contribution < 1.29 is 43.5 Å². The molecule has 0 aromatic heterocycles. The van der Waals surface area contributed by atoms with Gasteiger partial charge in [0.25, 0.3) is 0 Å². The number of aliphatic hydroxyl groups excluding tert-OH is 2. The van der Waals surface area contributed by atoms with Gasteiger partial charge in [-0.25, -0.2) is 4.79 Å². The zero-order valence-electron chi connectivity index (χ0n) is 31.4. The van der Waals surface area contributed by atoms with Gasteiger partial charge in [0.15, 0.2) is 0 Å². The van der Waals surface area contributed by atoms with Gasteiger partial charge in [0.05, 0.1) is 49.4 Å². The summed E-state index contributed by atoms with van der Waals surface area (Å²) in [5, 5.41) is 20.4. The van der Waals surface area contributed by atoms with Crippen LogP contribution in [0.3, 0.4) is 0 Å². The lowest BCUT2D eigenvalue weighted by Crippen LogP contribution is -2.47. The smallest absolute Gasteiger partial charge is 0.338 e. The molecule has 0 radical (unpaired) electrons. The van der Waals surface area contributed by atoms with Gasteiger partial charge in [0, 0.05) is 6.07 Å². The van der Waals surface area contributed by atoms with Crippen LogP contribution in [0.2, 0.25) is 0 Å². The van der Waals surface area contributed by atoms with Crippen LogP contribution >= 0.6 is 0 Å². The summed E-state index contributed by atoms with van der Waals surface area (Å²) in [6.07, 6.45) is 20.5. The van der Waals surface area contributed by atoms with Crippen molar-refractivity contribution in [1.82, 2.24) is 4.90 Å². The van der Waals surface area contributed by atoms with Crippen molar-refractivity contribution in [3.63, 3.8) is 0 Å². The molecule has 3 aliphatic heterocycles. The van der Waals surface area contributed by atoms with Crippen LogP contribution in [0.4, 0.5) is 0 Å². The summed E-state index contributed by atoms with van der Waals surface area (Å²) in [5.74, 6) is -2.09. The summed E-state index contributed by atoms with van der Waals surface area (Å²) in [5.41, 5.74) is 0.280. The molecular formula is C41H65NO9. The zero-order valence-corrected chi connectivity index (χ0v) is 31.4. The van der Waals surface area contributed by atoms with Crippen LogP contribution < -0.4 is 9.47 Å². The minimum atomic E-state index is -1.20. The van der Waals surface area contributed by atoms with Crippen molar-refractivity contribution in [2.45, 2.75) is 167 Å². The molecular weight excluding hydrogens is 650 g/mol. The number of aliphatic hydroxyl groups is 2. The number of benzene rings is 1. The van der Waals surface area contributed by atoms with Gasteiger partial charge >= 0.3 is 5.97 Å². The van der Waals surface area contributed by atoms with Crippen molar-refractivity contribution in [3.05, 3.63) is 23.8 Å². The van der Waals surface area contributed by atoms with Gasteiger partial charge in [0.1, 0.15) is 30.3 Å². The van der Waals surface area contributed by atoms with Crippen LogP contribution in [-0.4, -0.2) is 83.7 Å². The maximum absolute atomic E-state index is 13.2. The number of rotatable bonds is 28. The normalized spacial score (nSPS) is 23.6. The predicted octanol–water partition coefficient (Wildman–Crippen LogP) is 7.55. The molecule has 3 saturated heterocycles. The number of amides is 2. The predicted molar refractivity (Wildman–Crippen MR) is 196 cm³/mol. The van der Waals surface area contributed by atoms with Gasteiger partial charge in [0.2, 0.25) is 11.8 Å². The second-order valence-electron chi connectivity index (χ2n) is 14.8. The Balaban J connectivity index is 1.22. The lowest BCUT2D eigenvalue weighted by molar-refractivity contribution is -0.143. The summed E-state index contributed by atoms with van der Waals surface area (Å²) >= 11 is 0. The van der Waals surface area contributed by atoms with E-state index in [-0.39, 0.29) is 18.7 Å². The minimum absolute atomic E-state index is 0.112. The van der Waals surface area contributed by atoms with E-state index < -0.39 is 54.0 Å². The number of carbonyl (C=O) groups is 3. The SMILES string of the molecule is CCCCCCCCCCCCOc1cc(OCCCCCCCCCCCC)cc(C(=O)OCCN2C(=O)C3C4OC(C(O)C4O)C3C2=O)c1. The third-order valence-corrected chi connectivity index (χ3v) is 10.7. The lowest BCUT2D eigenvalue weighted by atomic mass is 9.78. The number of unbranched alkanes of at least 4 members (excludes halogenated alkanes) is 18. The Morgan fingerprint density at radius 2 is 1.00 bits per heavy atom. The number of hydrogen-bond donors (Lipinski definition) is 2. The lowest BCUT2D eigenvalue weighted by Gasteiger charge is -2.25. The molecule has 2 bridgehead atoms. The monoisotopic (exact) mass is 715 g/mol. The molecule has 3 aliphatic rings. The number of fused-ring (bicyclic) bond motifs is 5. The average molecular weight is 716 g/mol. The van der Waals surface area contributed by atoms with Crippen molar-refractivity contribution in [2.24, 2.45) is 11.8 Å². The number of hydrogen-bond acceptors (Lipinski definition) is 9. The van der Waals surface area contributed by atoms with E-state index in [1.54, 1.807) is 12.1 Å². The molecule has 2 amide bonds. The number of carbonyl (C=O) groups excluding carboxylic acids is 3. The summed E-state index contributed by atoms with van der Waals surface area (Å²) in [6.45, 7) is 5.28. The zero-order chi connectivity index (χ0) is 36.4. The van der Waals surface area contributed by atoms with Gasteiger partial charge < -0.3 is 29.2 Å². The Morgan fingerprint density at radius 1 is 0.608 bits per heavy atom. The van der Waals surface area contributed by atoms with E-state index >= 15 is 0 Å². The Morgan fingerprint density at radius 3 is 1.41 bits per heavy atom. The van der Waals surface area contributed by atoms with Crippen molar-refractivity contribution in [1.29, 1.82) is 0 Å².